The minimum Gasteiger partial charge on any atom is -0.158 e. The second kappa shape index (κ2) is 9.03. The van der Waals surface area contributed by atoms with Crippen molar-refractivity contribution in [3.8, 4) is 22.5 Å². The monoisotopic (exact) mass is 506 g/mol. The summed E-state index contributed by atoms with van der Waals surface area (Å²) in [6.07, 6.45) is 3.64. The van der Waals surface area contributed by atoms with E-state index in [-0.39, 0.29) is 0 Å². The molecule has 6 nitrogen and oxygen atoms in total. The third-order valence-electron chi connectivity index (χ3n) is 7.27. The van der Waals surface area contributed by atoms with Gasteiger partial charge in [-0.3, -0.25) is 0 Å². The van der Waals surface area contributed by atoms with E-state index in [1.807, 2.05) is 24.5 Å². The van der Waals surface area contributed by atoms with E-state index >= 15 is 0 Å². The Kier molecular flexibility index (Phi) is 5.33. The molecule has 0 aliphatic heterocycles. The van der Waals surface area contributed by atoms with Crippen LogP contribution in [0.5, 0.6) is 0 Å². The summed E-state index contributed by atoms with van der Waals surface area (Å²) in [6, 6.07) is 37.4. The number of hydrogen-bond acceptors (Lipinski definition) is 4. The highest BCUT2D eigenvalue weighted by Gasteiger charge is 2.62. The topological polar surface area (TPSA) is 61.4 Å². The molecule has 188 valence electrons. The van der Waals surface area contributed by atoms with Crippen LogP contribution in [0.1, 0.15) is 22.3 Å². The van der Waals surface area contributed by atoms with Crippen LogP contribution in [0.2, 0.25) is 0 Å². The molecule has 0 saturated carbocycles. The van der Waals surface area contributed by atoms with Crippen molar-refractivity contribution in [1.82, 2.24) is 30.0 Å². The molecule has 7 rings (SSSR count). The van der Waals surface area contributed by atoms with Crippen molar-refractivity contribution >= 4 is 11.1 Å². The lowest BCUT2D eigenvalue weighted by atomic mass is 10.1. The first-order chi connectivity index (χ1) is 19.1. The second-order valence-corrected chi connectivity index (χ2v) is 9.92. The number of allylic oxidation sites excluding steroid dienone is 2. The lowest BCUT2D eigenvalue weighted by Crippen LogP contribution is -2.35. The molecule has 6 heteroatoms. The minimum absolute atomic E-state index is 0.798. The van der Waals surface area contributed by atoms with Crippen molar-refractivity contribution in [2.45, 2.75) is 19.5 Å². The molecule has 0 atom stereocenters. The standard InChI is InChI=1S/C33H26N6/c1-23-13-17-25(18-14-23)29-21-34-38(36-29)33(39-35-22-30(37-39)26-19-15-24(2)16-20-26)31(27-9-5-3-6-10-27)32(33)28-11-7-4-8-12-28/h3-22H,1-2H3. The molecule has 0 spiro atoms. The first kappa shape index (κ1) is 23.0. The summed E-state index contributed by atoms with van der Waals surface area (Å²) in [7, 11) is 0. The molecule has 1 aliphatic carbocycles. The fourth-order valence-corrected chi connectivity index (χ4v) is 5.19. The van der Waals surface area contributed by atoms with E-state index in [1.165, 1.54) is 11.1 Å². The summed E-state index contributed by atoms with van der Waals surface area (Å²) in [5.41, 5.74) is 9.44. The number of hydrogen-bond donors (Lipinski definition) is 0. The molecule has 0 fully saturated rings. The van der Waals surface area contributed by atoms with Crippen molar-refractivity contribution < 1.29 is 0 Å². The van der Waals surface area contributed by atoms with Crippen molar-refractivity contribution in [2.24, 2.45) is 0 Å². The average molecular weight is 507 g/mol. The number of aryl methyl sites for hydroxylation is 2. The second-order valence-electron chi connectivity index (χ2n) is 9.92. The van der Waals surface area contributed by atoms with Gasteiger partial charge in [0.15, 0.2) is 0 Å². The van der Waals surface area contributed by atoms with Gasteiger partial charge in [0.05, 0.1) is 12.4 Å². The van der Waals surface area contributed by atoms with Gasteiger partial charge in [0.2, 0.25) is 5.66 Å². The molecule has 2 aromatic heterocycles. The summed E-state index contributed by atoms with van der Waals surface area (Å²) in [4.78, 5) is 3.54. The van der Waals surface area contributed by atoms with Gasteiger partial charge in [0.1, 0.15) is 11.4 Å². The van der Waals surface area contributed by atoms with Crippen LogP contribution >= 0.6 is 0 Å². The molecule has 0 saturated heterocycles. The van der Waals surface area contributed by atoms with Crippen LogP contribution in [0.25, 0.3) is 33.7 Å². The zero-order valence-electron chi connectivity index (χ0n) is 21.7. The van der Waals surface area contributed by atoms with Crippen LogP contribution in [0.4, 0.5) is 0 Å². The van der Waals surface area contributed by atoms with E-state index in [1.54, 1.807) is 9.59 Å². The van der Waals surface area contributed by atoms with Gasteiger partial charge in [-0.05, 0) is 25.0 Å². The van der Waals surface area contributed by atoms with Crippen LogP contribution in [0.3, 0.4) is 0 Å². The highest BCUT2D eigenvalue weighted by molar-refractivity contribution is 6.16. The smallest absolute Gasteiger partial charge is 0.158 e. The van der Waals surface area contributed by atoms with Crippen LogP contribution in [-0.4, -0.2) is 30.0 Å². The number of aromatic nitrogens is 6. The Morgan fingerprint density at radius 1 is 0.462 bits per heavy atom. The van der Waals surface area contributed by atoms with E-state index in [0.717, 1.165) is 44.8 Å². The first-order valence-electron chi connectivity index (χ1n) is 13.0. The van der Waals surface area contributed by atoms with Crippen molar-refractivity contribution in [2.75, 3.05) is 0 Å². The van der Waals surface area contributed by atoms with E-state index < -0.39 is 5.66 Å². The van der Waals surface area contributed by atoms with Gasteiger partial charge in [-0.15, -0.1) is 9.59 Å². The van der Waals surface area contributed by atoms with E-state index in [0.29, 0.717) is 0 Å². The molecule has 39 heavy (non-hydrogen) atoms. The van der Waals surface area contributed by atoms with E-state index in [2.05, 4.69) is 111 Å². The van der Waals surface area contributed by atoms with Gasteiger partial charge in [0, 0.05) is 22.3 Å². The average Bonchev–Trinajstić information content (AvgIpc) is 3.29. The van der Waals surface area contributed by atoms with Gasteiger partial charge in [0.25, 0.3) is 0 Å². The number of nitrogens with zero attached hydrogens (tertiary/aromatic N) is 6. The highest BCUT2D eigenvalue weighted by Crippen LogP contribution is 2.61. The summed E-state index contributed by atoms with van der Waals surface area (Å²) in [6.45, 7) is 4.16. The first-order valence-corrected chi connectivity index (χ1v) is 13.0. The fourth-order valence-electron chi connectivity index (χ4n) is 5.19. The fraction of sp³-hybridized carbons (Fsp3) is 0.0909. The lowest BCUT2D eigenvalue weighted by Gasteiger charge is -2.19. The summed E-state index contributed by atoms with van der Waals surface area (Å²) >= 11 is 0. The maximum Gasteiger partial charge on any atom is 0.244 e. The molecule has 0 amide bonds. The Morgan fingerprint density at radius 2 is 0.846 bits per heavy atom. The molecule has 6 aromatic rings. The summed E-state index contributed by atoms with van der Waals surface area (Å²) in [5.74, 6) is 0. The molecular weight excluding hydrogens is 480 g/mol. The molecule has 1 aliphatic rings. The van der Waals surface area contributed by atoms with E-state index in [4.69, 9.17) is 20.4 Å². The molecule has 4 aromatic carbocycles. The van der Waals surface area contributed by atoms with Crippen LogP contribution in [0, 0.1) is 13.8 Å². The Morgan fingerprint density at radius 3 is 1.23 bits per heavy atom. The Balaban J connectivity index is 1.43. The highest BCUT2D eigenvalue weighted by atomic mass is 15.7. The van der Waals surface area contributed by atoms with Gasteiger partial charge >= 0.3 is 0 Å². The van der Waals surface area contributed by atoms with E-state index in [9.17, 15) is 0 Å². The minimum atomic E-state index is -0.908. The predicted molar refractivity (Wildman–Crippen MR) is 153 cm³/mol. The van der Waals surface area contributed by atoms with Gasteiger partial charge in [-0.25, -0.2) is 0 Å². The van der Waals surface area contributed by atoms with Crippen LogP contribution < -0.4 is 0 Å². The third kappa shape index (κ3) is 3.80. The van der Waals surface area contributed by atoms with Crippen LogP contribution in [0.15, 0.2) is 122 Å². The Hall–Kier alpha value is -5.10. The largest absolute Gasteiger partial charge is 0.244 e. The van der Waals surface area contributed by atoms with Crippen LogP contribution in [-0.2, 0) is 5.66 Å². The van der Waals surface area contributed by atoms with Crippen molar-refractivity contribution in [3.05, 3.63) is 144 Å². The summed E-state index contributed by atoms with van der Waals surface area (Å²) < 4.78 is 0. The normalized spacial score (nSPS) is 14.0. The number of benzene rings is 4. The molecule has 0 unspecified atom stereocenters. The quantitative estimate of drug-likeness (QED) is 0.254. The Bertz CT molecular complexity index is 1660. The van der Waals surface area contributed by atoms with Crippen molar-refractivity contribution in [1.29, 1.82) is 0 Å². The Labute approximate surface area is 226 Å². The van der Waals surface area contributed by atoms with Gasteiger partial charge in [-0.2, -0.15) is 20.4 Å². The molecule has 0 N–H and O–H groups in total. The molecule has 0 bridgehead atoms. The molecule has 2 heterocycles. The predicted octanol–water partition coefficient (Wildman–Crippen LogP) is 6.65. The SMILES string of the molecule is Cc1ccc(-c2cnn(C3(n4ncc(-c5ccc(C)cc5)n4)C(c4ccccc4)=C3c3ccccc3)n2)cc1. The lowest BCUT2D eigenvalue weighted by molar-refractivity contribution is 0.316. The maximum absolute atomic E-state index is 5.03. The van der Waals surface area contributed by atoms with Gasteiger partial charge < -0.3 is 0 Å². The van der Waals surface area contributed by atoms with Gasteiger partial charge in [-0.1, -0.05) is 120 Å². The maximum atomic E-state index is 5.03. The molecular formula is C33H26N6. The third-order valence-corrected chi connectivity index (χ3v) is 7.27. The zero-order valence-corrected chi connectivity index (χ0v) is 21.7. The van der Waals surface area contributed by atoms with Crippen molar-refractivity contribution in [3.63, 3.8) is 0 Å². The summed E-state index contributed by atoms with van der Waals surface area (Å²) in [5, 5.41) is 19.7. The molecule has 0 radical (unpaired) electrons. The zero-order chi connectivity index (χ0) is 26.4. The number of rotatable bonds is 6.